The first kappa shape index (κ1) is 23.9. The van der Waals surface area contributed by atoms with Gasteiger partial charge >= 0.3 is 0 Å². The van der Waals surface area contributed by atoms with E-state index < -0.39 is 10.0 Å². The van der Waals surface area contributed by atoms with Crippen LogP contribution in [0.5, 0.6) is 0 Å². The molecule has 9 heteroatoms. The molecule has 1 atom stereocenters. The summed E-state index contributed by atoms with van der Waals surface area (Å²) in [6.45, 7) is 2.28. The quantitative estimate of drug-likeness (QED) is 0.301. The highest BCUT2D eigenvalue weighted by Crippen LogP contribution is 2.21. The van der Waals surface area contributed by atoms with Crippen molar-refractivity contribution in [3.63, 3.8) is 0 Å². The SMILES string of the molecule is CCC(NC(=O)c1ccc(S(=O)(=O)NCCc2cccs2)cc1)c1ncc(-c2ccccc2)[nH]1. The van der Waals surface area contributed by atoms with Gasteiger partial charge in [0.25, 0.3) is 5.91 Å². The highest BCUT2D eigenvalue weighted by Gasteiger charge is 2.19. The molecule has 4 rings (SSSR count). The lowest BCUT2D eigenvalue weighted by atomic mass is 10.1. The molecule has 7 nitrogen and oxygen atoms in total. The van der Waals surface area contributed by atoms with Crippen LogP contribution >= 0.6 is 11.3 Å². The number of aromatic nitrogens is 2. The number of imidazole rings is 1. The maximum Gasteiger partial charge on any atom is 0.251 e. The van der Waals surface area contributed by atoms with Crippen LogP contribution in [0.2, 0.25) is 0 Å². The Hall–Kier alpha value is -3.27. The summed E-state index contributed by atoms with van der Waals surface area (Å²) in [7, 11) is -3.64. The molecule has 0 fully saturated rings. The van der Waals surface area contributed by atoms with E-state index in [1.54, 1.807) is 17.5 Å². The Kier molecular flexibility index (Phi) is 7.56. The minimum Gasteiger partial charge on any atom is -0.342 e. The maximum atomic E-state index is 12.8. The molecular weight excluding hydrogens is 468 g/mol. The van der Waals surface area contributed by atoms with E-state index in [2.05, 4.69) is 20.0 Å². The summed E-state index contributed by atoms with van der Waals surface area (Å²) in [6, 6.07) is 19.4. The summed E-state index contributed by atoms with van der Waals surface area (Å²) in [5.74, 6) is 0.378. The number of thiophene rings is 1. The standard InChI is InChI=1S/C25H26N4O3S2/c1-2-22(24-26-17-23(28-24)18-7-4-3-5-8-18)29-25(30)19-10-12-21(13-11-19)34(31,32)27-15-14-20-9-6-16-33-20/h3-13,16-17,22,27H,2,14-15H2,1H3,(H,26,28)(H,29,30). The molecule has 4 aromatic rings. The van der Waals surface area contributed by atoms with Gasteiger partial charge in [-0.1, -0.05) is 43.3 Å². The normalized spacial score (nSPS) is 12.4. The summed E-state index contributed by atoms with van der Waals surface area (Å²) in [6.07, 6.45) is 3.03. The van der Waals surface area contributed by atoms with Crippen molar-refractivity contribution >= 4 is 27.3 Å². The number of rotatable bonds is 10. The molecule has 0 spiro atoms. The van der Waals surface area contributed by atoms with E-state index in [-0.39, 0.29) is 16.8 Å². The average molecular weight is 495 g/mol. The van der Waals surface area contributed by atoms with Gasteiger partial charge in [-0.25, -0.2) is 18.1 Å². The smallest absolute Gasteiger partial charge is 0.251 e. The minimum atomic E-state index is -3.64. The largest absolute Gasteiger partial charge is 0.342 e. The zero-order valence-electron chi connectivity index (χ0n) is 18.7. The first-order valence-electron chi connectivity index (χ1n) is 11.0. The summed E-state index contributed by atoms with van der Waals surface area (Å²) in [4.78, 5) is 21.8. The van der Waals surface area contributed by atoms with E-state index in [0.717, 1.165) is 16.1 Å². The first-order chi connectivity index (χ1) is 16.5. The van der Waals surface area contributed by atoms with Crippen molar-refractivity contribution in [2.24, 2.45) is 0 Å². The first-order valence-corrected chi connectivity index (χ1v) is 13.4. The Labute approximate surface area is 203 Å². The fraction of sp³-hybridized carbons (Fsp3) is 0.200. The van der Waals surface area contributed by atoms with Gasteiger partial charge in [0.1, 0.15) is 5.82 Å². The second-order valence-corrected chi connectivity index (χ2v) is 10.5. The summed E-state index contributed by atoms with van der Waals surface area (Å²) in [5, 5.41) is 4.94. The molecule has 34 heavy (non-hydrogen) atoms. The molecule has 2 heterocycles. The molecule has 3 N–H and O–H groups in total. The lowest BCUT2D eigenvalue weighted by Crippen LogP contribution is -2.29. The third kappa shape index (κ3) is 5.80. The molecule has 0 aliphatic heterocycles. The molecular formula is C25H26N4O3S2. The van der Waals surface area contributed by atoms with Gasteiger partial charge in [0.05, 0.1) is 22.8 Å². The number of nitrogens with zero attached hydrogens (tertiary/aromatic N) is 1. The number of carbonyl (C=O) groups excluding carboxylic acids is 1. The molecule has 0 bridgehead atoms. The van der Waals surface area contributed by atoms with Gasteiger partial charge in [-0.15, -0.1) is 11.3 Å². The molecule has 1 amide bonds. The summed E-state index contributed by atoms with van der Waals surface area (Å²) < 4.78 is 27.7. The number of hydrogen-bond acceptors (Lipinski definition) is 5. The Bertz CT molecular complexity index is 1320. The van der Waals surface area contributed by atoms with E-state index in [9.17, 15) is 13.2 Å². The number of benzene rings is 2. The van der Waals surface area contributed by atoms with E-state index in [0.29, 0.717) is 30.8 Å². The number of aromatic amines is 1. The molecule has 0 radical (unpaired) electrons. The van der Waals surface area contributed by atoms with Crippen molar-refractivity contribution in [2.75, 3.05) is 6.54 Å². The maximum absolute atomic E-state index is 12.8. The number of sulfonamides is 1. The van der Waals surface area contributed by atoms with Crippen molar-refractivity contribution in [1.82, 2.24) is 20.0 Å². The Morgan fingerprint density at radius 3 is 2.50 bits per heavy atom. The molecule has 2 aromatic carbocycles. The lowest BCUT2D eigenvalue weighted by Gasteiger charge is -2.15. The highest BCUT2D eigenvalue weighted by molar-refractivity contribution is 7.89. The Morgan fingerprint density at radius 2 is 1.82 bits per heavy atom. The van der Waals surface area contributed by atoms with Crippen LogP contribution in [0.25, 0.3) is 11.3 Å². The van der Waals surface area contributed by atoms with Crippen molar-refractivity contribution in [1.29, 1.82) is 0 Å². The van der Waals surface area contributed by atoms with Gasteiger partial charge < -0.3 is 10.3 Å². The number of amides is 1. The zero-order valence-corrected chi connectivity index (χ0v) is 20.3. The monoisotopic (exact) mass is 494 g/mol. The van der Waals surface area contributed by atoms with Crippen LogP contribution in [0.4, 0.5) is 0 Å². The fourth-order valence-corrected chi connectivity index (χ4v) is 5.26. The third-order valence-electron chi connectivity index (χ3n) is 5.39. The third-order valence-corrected chi connectivity index (χ3v) is 7.81. The van der Waals surface area contributed by atoms with E-state index >= 15 is 0 Å². The van der Waals surface area contributed by atoms with Crippen LogP contribution in [-0.4, -0.2) is 30.8 Å². The van der Waals surface area contributed by atoms with Gasteiger partial charge in [-0.2, -0.15) is 0 Å². The van der Waals surface area contributed by atoms with Crippen LogP contribution in [0, 0.1) is 0 Å². The van der Waals surface area contributed by atoms with Crippen LogP contribution in [0.15, 0.2) is 83.2 Å². The number of nitrogens with one attached hydrogen (secondary N) is 3. The van der Waals surface area contributed by atoms with Crippen LogP contribution in [0.1, 0.15) is 40.4 Å². The van der Waals surface area contributed by atoms with E-state index in [4.69, 9.17) is 0 Å². The molecule has 1 unspecified atom stereocenters. The predicted molar refractivity (Wildman–Crippen MR) is 134 cm³/mol. The second kappa shape index (κ2) is 10.8. The molecule has 176 valence electrons. The Balaban J connectivity index is 1.38. The van der Waals surface area contributed by atoms with Gasteiger partial charge in [-0.3, -0.25) is 4.79 Å². The van der Waals surface area contributed by atoms with Crippen molar-refractivity contribution in [2.45, 2.75) is 30.7 Å². The average Bonchev–Trinajstić information content (AvgIpc) is 3.56. The minimum absolute atomic E-state index is 0.126. The van der Waals surface area contributed by atoms with Gasteiger partial charge in [0.2, 0.25) is 10.0 Å². The van der Waals surface area contributed by atoms with Crippen molar-refractivity contribution in [3.8, 4) is 11.3 Å². The zero-order chi connectivity index (χ0) is 24.0. The molecule has 0 saturated heterocycles. The predicted octanol–water partition coefficient (Wildman–Crippen LogP) is 4.54. The van der Waals surface area contributed by atoms with E-state index in [1.165, 1.54) is 24.3 Å². The fourth-order valence-electron chi connectivity index (χ4n) is 3.52. The van der Waals surface area contributed by atoms with Gasteiger partial charge in [0.15, 0.2) is 0 Å². The molecule has 0 saturated carbocycles. The Morgan fingerprint density at radius 1 is 1.06 bits per heavy atom. The van der Waals surface area contributed by atoms with Crippen molar-refractivity contribution in [3.05, 3.63) is 94.6 Å². The topological polar surface area (TPSA) is 104 Å². The molecule has 0 aliphatic carbocycles. The highest BCUT2D eigenvalue weighted by atomic mass is 32.2. The van der Waals surface area contributed by atoms with Crippen LogP contribution in [0.3, 0.4) is 0 Å². The molecule has 0 aliphatic rings. The number of hydrogen-bond donors (Lipinski definition) is 3. The van der Waals surface area contributed by atoms with Crippen LogP contribution < -0.4 is 10.0 Å². The molecule has 2 aromatic heterocycles. The number of carbonyl (C=O) groups is 1. The van der Waals surface area contributed by atoms with E-state index in [1.807, 2.05) is 54.8 Å². The number of H-pyrrole nitrogens is 1. The van der Waals surface area contributed by atoms with Gasteiger partial charge in [-0.05, 0) is 54.1 Å². The van der Waals surface area contributed by atoms with Crippen molar-refractivity contribution < 1.29 is 13.2 Å². The van der Waals surface area contributed by atoms with Gasteiger partial charge in [0, 0.05) is 17.0 Å². The summed E-state index contributed by atoms with van der Waals surface area (Å²) in [5.41, 5.74) is 2.28. The summed E-state index contributed by atoms with van der Waals surface area (Å²) >= 11 is 1.59. The lowest BCUT2D eigenvalue weighted by molar-refractivity contribution is 0.0933. The second-order valence-electron chi connectivity index (χ2n) is 7.73. The van der Waals surface area contributed by atoms with Crippen LogP contribution in [-0.2, 0) is 16.4 Å².